The quantitative estimate of drug-likeness (QED) is 0.566. The normalized spacial score (nSPS) is 11.1. The zero-order valence-electron chi connectivity index (χ0n) is 14.6. The summed E-state index contributed by atoms with van der Waals surface area (Å²) >= 11 is 0. The van der Waals surface area contributed by atoms with Crippen molar-refractivity contribution in [3.8, 4) is 17.1 Å². The molecule has 0 aliphatic heterocycles. The van der Waals surface area contributed by atoms with Crippen LogP contribution in [-0.2, 0) is 0 Å². The largest absolute Gasteiger partial charge is 0.395 e. The van der Waals surface area contributed by atoms with Crippen molar-refractivity contribution in [1.29, 1.82) is 0 Å². The summed E-state index contributed by atoms with van der Waals surface area (Å²) in [6.45, 7) is 2.24. The van der Waals surface area contributed by atoms with E-state index in [-0.39, 0.29) is 12.4 Å². The number of benzene rings is 1. The molecule has 0 atom stereocenters. The van der Waals surface area contributed by atoms with Crippen LogP contribution in [0.15, 0.2) is 48.9 Å². The van der Waals surface area contributed by atoms with Crippen molar-refractivity contribution < 1.29 is 9.50 Å². The first kappa shape index (κ1) is 17.0. The standard InChI is InChI=1S/C19H17FN6O/c1-12-15(10-23-19(24-12)22-8-9-27)18-25-16-6-7-21-11-17(16)26(18)14-4-2-13(20)3-5-14/h2-7,10-11,27H,8-9H2,1H3,(H,22,23,24). The van der Waals surface area contributed by atoms with Gasteiger partial charge in [-0.05, 0) is 37.3 Å². The Kier molecular flexibility index (Phi) is 4.47. The molecule has 4 rings (SSSR count). The van der Waals surface area contributed by atoms with Crippen LogP contribution in [0.2, 0.25) is 0 Å². The summed E-state index contributed by atoms with van der Waals surface area (Å²) in [5, 5.41) is 11.9. The number of aryl methyl sites for hydroxylation is 1. The molecule has 0 unspecified atom stereocenters. The number of fused-ring (bicyclic) bond motifs is 1. The van der Waals surface area contributed by atoms with Gasteiger partial charge in [0.2, 0.25) is 5.95 Å². The molecule has 0 saturated carbocycles. The lowest BCUT2D eigenvalue weighted by atomic mass is 10.2. The molecule has 0 aliphatic rings. The molecule has 27 heavy (non-hydrogen) atoms. The smallest absolute Gasteiger partial charge is 0.222 e. The molecule has 4 aromatic rings. The van der Waals surface area contributed by atoms with E-state index in [0.29, 0.717) is 18.3 Å². The first-order valence-electron chi connectivity index (χ1n) is 8.44. The van der Waals surface area contributed by atoms with Crippen molar-refractivity contribution in [2.75, 3.05) is 18.5 Å². The summed E-state index contributed by atoms with van der Waals surface area (Å²) in [5.74, 6) is 0.786. The van der Waals surface area contributed by atoms with Gasteiger partial charge in [0.05, 0.1) is 35.1 Å². The Morgan fingerprint density at radius 3 is 2.67 bits per heavy atom. The third kappa shape index (κ3) is 3.22. The summed E-state index contributed by atoms with van der Waals surface area (Å²) < 4.78 is 15.3. The van der Waals surface area contributed by atoms with Crippen LogP contribution in [0.5, 0.6) is 0 Å². The molecule has 8 heteroatoms. The number of aliphatic hydroxyl groups is 1. The number of hydrogen-bond donors (Lipinski definition) is 2. The highest BCUT2D eigenvalue weighted by atomic mass is 19.1. The molecule has 0 aliphatic carbocycles. The summed E-state index contributed by atoms with van der Waals surface area (Å²) in [6.07, 6.45) is 5.10. The highest BCUT2D eigenvalue weighted by Gasteiger charge is 2.17. The number of rotatable bonds is 5. The number of nitrogens with zero attached hydrogens (tertiary/aromatic N) is 5. The van der Waals surface area contributed by atoms with E-state index in [9.17, 15) is 4.39 Å². The zero-order valence-corrected chi connectivity index (χ0v) is 14.6. The average molecular weight is 364 g/mol. The van der Waals surface area contributed by atoms with E-state index in [1.54, 1.807) is 30.7 Å². The van der Waals surface area contributed by atoms with Crippen LogP contribution < -0.4 is 5.32 Å². The monoisotopic (exact) mass is 364 g/mol. The fourth-order valence-electron chi connectivity index (χ4n) is 2.90. The Labute approximate surface area is 154 Å². The topological polar surface area (TPSA) is 88.8 Å². The fraction of sp³-hybridized carbons (Fsp3) is 0.158. The van der Waals surface area contributed by atoms with Crippen LogP contribution in [0.1, 0.15) is 5.69 Å². The van der Waals surface area contributed by atoms with Gasteiger partial charge >= 0.3 is 0 Å². The first-order valence-corrected chi connectivity index (χ1v) is 8.44. The summed E-state index contributed by atoms with van der Waals surface area (Å²) in [6, 6.07) is 8.03. The van der Waals surface area contributed by atoms with Crippen molar-refractivity contribution in [1.82, 2.24) is 24.5 Å². The molecule has 0 radical (unpaired) electrons. The lowest BCUT2D eigenvalue weighted by molar-refractivity contribution is 0.311. The molecule has 0 fully saturated rings. The molecule has 0 bridgehead atoms. The van der Waals surface area contributed by atoms with E-state index in [1.807, 2.05) is 17.6 Å². The lowest BCUT2D eigenvalue weighted by Crippen LogP contribution is -2.10. The number of aliphatic hydroxyl groups excluding tert-OH is 1. The van der Waals surface area contributed by atoms with E-state index in [4.69, 9.17) is 10.1 Å². The molecule has 3 aromatic heterocycles. The van der Waals surface area contributed by atoms with E-state index in [1.165, 1.54) is 12.1 Å². The molecular formula is C19H17FN6O. The molecule has 0 spiro atoms. The van der Waals surface area contributed by atoms with Gasteiger partial charge in [0, 0.05) is 24.6 Å². The van der Waals surface area contributed by atoms with Gasteiger partial charge < -0.3 is 10.4 Å². The van der Waals surface area contributed by atoms with Crippen molar-refractivity contribution in [3.05, 3.63) is 60.4 Å². The SMILES string of the molecule is Cc1nc(NCCO)ncc1-c1nc2ccncc2n1-c1ccc(F)cc1. The van der Waals surface area contributed by atoms with Crippen molar-refractivity contribution in [3.63, 3.8) is 0 Å². The third-order valence-electron chi connectivity index (χ3n) is 4.16. The Bertz CT molecular complexity index is 1090. The highest BCUT2D eigenvalue weighted by molar-refractivity contribution is 5.82. The molecule has 136 valence electrons. The van der Waals surface area contributed by atoms with Crippen LogP contribution in [0.25, 0.3) is 28.1 Å². The summed E-state index contributed by atoms with van der Waals surface area (Å²) in [4.78, 5) is 17.7. The maximum atomic E-state index is 13.4. The Hall–Kier alpha value is -3.39. The van der Waals surface area contributed by atoms with Gasteiger partial charge in [-0.15, -0.1) is 0 Å². The van der Waals surface area contributed by atoms with E-state index >= 15 is 0 Å². The number of anilines is 1. The van der Waals surface area contributed by atoms with Crippen LogP contribution in [0, 0.1) is 12.7 Å². The Balaban J connectivity index is 1.89. The van der Waals surface area contributed by atoms with Crippen molar-refractivity contribution in [2.24, 2.45) is 0 Å². The molecule has 2 N–H and O–H groups in total. The number of pyridine rings is 1. The van der Waals surface area contributed by atoms with Gasteiger partial charge in [-0.3, -0.25) is 9.55 Å². The first-order chi connectivity index (χ1) is 13.2. The van der Waals surface area contributed by atoms with Crippen LogP contribution in [-0.4, -0.2) is 42.8 Å². The highest BCUT2D eigenvalue weighted by Crippen LogP contribution is 2.29. The minimum absolute atomic E-state index is 0.00246. The number of imidazole rings is 1. The lowest BCUT2D eigenvalue weighted by Gasteiger charge is -2.11. The second-order valence-electron chi connectivity index (χ2n) is 5.95. The average Bonchev–Trinajstić information content (AvgIpc) is 3.06. The molecule has 0 saturated heterocycles. The van der Waals surface area contributed by atoms with Crippen molar-refractivity contribution >= 4 is 17.0 Å². The van der Waals surface area contributed by atoms with Gasteiger partial charge in [0.1, 0.15) is 11.6 Å². The molecule has 7 nitrogen and oxygen atoms in total. The zero-order chi connectivity index (χ0) is 18.8. The van der Waals surface area contributed by atoms with Gasteiger partial charge in [0.25, 0.3) is 0 Å². The second kappa shape index (κ2) is 7.08. The minimum Gasteiger partial charge on any atom is -0.395 e. The summed E-state index contributed by atoms with van der Waals surface area (Å²) in [5.41, 5.74) is 3.83. The molecule has 3 heterocycles. The van der Waals surface area contributed by atoms with Crippen LogP contribution in [0.3, 0.4) is 0 Å². The number of nitrogens with one attached hydrogen (secondary N) is 1. The van der Waals surface area contributed by atoms with Crippen LogP contribution >= 0.6 is 0 Å². The molecule has 0 amide bonds. The number of halogens is 1. The van der Waals surface area contributed by atoms with Gasteiger partial charge in [0.15, 0.2) is 0 Å². The van der Waals surface area contributed by atoms with E-state index in [2.05, 4.69) is 20.3 Å². The van der Waals surface area contributed by atoms with Gasteiger partial charge in [-0.2, -0.15) is 0 Å². The Morgan fingerprint density at radius 1 is 1.11 bits per heavy atom. The predicted octanol–water partition coefficient (Wildman–Crippen LogP) is 2.73. The van der Waals surface area contributed by atoms with Gasteiger partial charge in [-0.1, -0.05) is 0 Å². The van der Waals surface area contributed by atoms with E-state index in [0.717, 1.165) is 28.0 Å². The predicted molar refractivity (Wildman–Crippen MR) is 100 cm³/mol. The Morgan fingerprint density at radius 2 is 1.93 bits per heavy atom. The second-order valence-corrected chi connectivity index (χ2v) is 5.95. The molecule has 1 aromatic carbocycles. The van der Waals surface area contributed by atoms with Crippen molar-refractivity contribution in [2.45, 2.75) is 6.92 Å². The van der Waals surface area contributed by atoms with Gasteiger partial charge in [-0.25, -0.2) is 19.3 Å². The number of aromatic nitrogens is 5. The fourth-order valence-corrected chi connectivity index (χ4v) is 2.90. The maximum absolute atomic E-state index is 13.4. The minimum atomic E-state index is -0.304. The molecular weight excluding hydrogens is 347 g/mol. The van der Waals surface area contributed by atoms with E-state index < -0.39 is 0 Å². The van der Waals surface area contributed by atoms with Crippen LogP contribution in [0.4, 0.5) is 10.3 Å². The maximum Gasteiger partial charge on any atom is 0.222 e. The number of hydrogen-bond acceptors (Lipinski definition) is 6. The third-order valence-corrected chi connectivity index (χ3v) is 4.16. The summed E-state index contributed by atoms with van der Waals surface area (Å²) in [7, 11) is 0.